The van der Waals surface area contributed by atoms with Crippen LogP contribution in [0, 0.1) is 17.2 Å². The van der Waals surface area contributed by atoms with Crippen LogP contribution in [0.2, 0.25) is 0 Å². The molecule has 0 atom stereocenters. The molecule has 22 heavy (non-hydrogen) atoms. The van der Waals surface area contributed by atoms with Crippen molar-refractivity contribution in [2.45, 2.75) is 27.3 Å². The Morgan fingerprint density at radius 3 is 2.77 bits per heavy atom. The second-order valence-corrected chi connectivity index (χ2v) is 5.49. The van der Waals surface area contributed by atoms with E-state index in [1.165, 1.54) is 5.57 Å². The summed E-state index contributed by atoms with van der Waals surface area (Å²) in [6.07, 6.45) is 1.92. The molecule has 5 nitrogen and oxygen atoms in total. The molecule has 0 aliphatic heterocycles. The number of pyridine rings is 1. The second kappa shape index (κ2) is 6.44. The van der Waals surface area contributed by atoms with Crippen LogP contribution in [0.5, 0.6) is 0 Å². The quantitative estimate of drug-likeness (QED) is 0.626. The van der Waals surface area contributed by atoms with Crippen molar-refractivity contribution >= 4 is 11.0 Å². The fourth-order valence-corrected chi connectivity index (χ4v) is 2.16. The van der Waals surface area contributed by atoms with Crippen molar-refractivity contribution in [3.63, 3.8) is 0 Å². The zero-order chi connectivity index (χ0) is 16.3. The van der Waals surface area contributed by atoms with E-state index in [4.69, 9.17) is 10.00 Å². The van der Waals surface area contributed by atoms with Gasteiger partial charge in [-0.05, 0) is 25.0 Å². The Hall–Kier alpha value is -2.61. The van der Waals surface area contributed by atoms with Crippen LogP contribution in [-0.2, 0) is 11.3 Å². The number of rotatable bonds is 5. The minimum atomic E-state index is 0.369. The Morgan fingerprint density at radius 2 is 2.18 bits per heavy atom. The highest BCUT2D eigenvalue weighted by Crippen LogP contribution is 2.22. The summed E-state index contributed by atoms with van der Waals surface area (Å²) in [5, 5.41) is 14.3. The lowest BCUT2D eigenvalue weighted by molar-refractivity contribution is 0.297. The molecule has 2 heterocycles. The molecule has 0 bridgehead atoms. The van der Waals surface area contributed by atoms with Gasteiger partial charge in [-0.15, -0.1) is 0 Å². The Morgan fingerprint density at radius 1 is 1.45 bits per heavy atom. The maximum absolute atomic E-state index is 8.91. The Labute approximate surface area is 130 Å². The van der Waals surface area contributed by atoms with Crippen molar-refractivity contribution in [3.8, 4) is 6.07 Å². The van der Waals surface area contributed by atoms with Gasteiger partial charge in [0.25, 0.3) is 0 Å². The molecule has 2 aromatic heterocycles. The molecule has 0 saturated heterocycles. The van der Waals surface area contributed by atoms with Crippen LogP contribution >= 0.6 is 0 Å². The Kier molecular flexibility index (Phi) is 4.62. The van der Waals surface area contributed by atoms with Crippen molar-refractivity contribution < 1.29 is 4.74 Å². The van der Waals surface area contributed by atoms with Crippen molar-refractivity contribution in [2.24, 2.45) is 5.92 Å². The first kappa shape index (κ1) is 15.8. The summed E-state index contributed by atoms with van der Waals surface area (Å²) in [6, 6.07) is 5.57. The van der Waals surface area contributed by atoms with Crippen LogP contribution in [0.4, 0.5) is 0 Å². The molecule has 2 aromatic rings. The number of ether oxygens (including phenoxy) is 1. The molecule has 0 radical (unpaired) electrons. The lowest BCUT2D eigenvalue weighted by atomic mass is 9.98. The van der Waals surface area contributed by atoms with Gasteiger partial charge in [-0.3, -0.25) is 4.68 Å². The minimum absolute atomic E-state index is 0.369. The van der Waals surface area contributed by atoms with E-state index in [2.05, 4.69) is 37.4 Å². The highest BCUT2D eigenvalue weighted by atomic mass is 16.5. The number of nitriles is 1. The highest BCUT2D eigenvalue weighted by molar-refractivity contribution is 5.74. The fourth-order valence-electron chi connectivity index (χ4n) is 2.16. The van der Waals surface area contributed by atoms with Crippen molar-refractivity contribution in [2.75, 3.05) is 7.11 Å². The van der Waals surface area contributed by atoms with Crippen LogP contribution in [0.15, 0.2) is 41.8 Å². The lowest BCUT2D eigenvalue weighted by Gasteiger charge is -2.16. The van der Waals surface area contributed by atoms with Gasteiger partial charge in [0.05, 0.1) is 13.7 Å². The number of hydrogen-bond acceptors (Lipinski definition) is 4. The third kappa shape index (κ3) is 3.17. The van der Waals surface area contributed by atoms with Crippen molar-refractivity contribution in [1.82, 2.24) is 14.8 Å². The average molecular weight is 296 g/mol. The molecular formula is C17H20N4O. The molecule has 0 saturated carbocycles. The SMILES string of the molecule is C=C(OC)/C(Cn1cc2ccc(C#N)nc2n1)=C(\C)C(C)C. The van der Waals surface area contributed by atoms with E-state index in [1.807, 2.05) is 23.0 Å². The minimum Gasteiger partial charge on any atom is -0.497 e. The standard InChI is InChI=1S/C17H20N4O/c1-11(2)12(3)16(13(4)22-5)10-21-9-14-6-7-15(8-18)19-17(14)20-21/h6-7,9,11H,4,10H2,1-3,5H3/b16-12+. The summed E-state index contributed by atoms with van der Waals surface area (Å²) >= 11 is 0. The predicted octanol–water partition coefficient (Wildman–Crippen LogP) is 3.44. The molecule has 114 valence electrons. The predicted molar refractivity (Wildman–Crippen MR) is 85.9 cm³/mol. The van der Waals surface area contributed by atoms with E-state index < -0.39 is 0 Å². The van der Waals surface area contributed by atoms with E-state index in [0.29, 0.717) is 29.6 Å². The van der Waals surface area contributed by atoms with E-state index in [-0.39, 0.29) is 0 Å². The van der Waals surface area contributed by atoms with Gasteiger partial charge >= 0.3 is 0 Å². The number of methoxy groups -OCH3 is 1. The number of allylic oxidation sites excluding steroid dienone is 2. The van der Waals surface area contributed by atoms with Crippen molar-refractivity contribution in [1.29, 1.82) is 5.26 Å². The van der Waals surface area contributed by atoms with Gasteiger partial charge in [-0.1, -0.05) is 26.0 Å². The summed E-state index contributed by atoms with van der Waals surface area (Å²) in [5.74, 6) is 1.05. The number of nitrogens with zero attached hydrogens (tertiary/aromatic N) is 4. The lowest BCUT2D eigenvalue weighted by Crippen LogP contribution is -2.09. The molecule has 0 fully saturated rings. The normalized spacial score (nSPS) is 12.2. The van der Waals surface area contributed by atoms with E-state index >= 15 is 0 Å². The first-order valence-corrected chi connectivity index (χ1v) is 7.13. The van der Waals surface area contributed by atoms with Crippen LogP contribution < -0.4 is 0 Å². The molecule has 0 spiro atoms. The van der Waals surface area contributed by atoms with Crippen molar-refractivity contribution in [3.05, 3.63) is 47.5 Å². The van der Waals surface area contributed by atoms with Gasteiger partial charge < -0.3 is 4.74 Å². The maximum atomic E-state index is 8.91. The highest BCUT2D eigenvalue weighted by Gasteiger charge is 2.13. The summed E-state index contributed by atoms with van der Waals surface area (Å²) < 4.78 is 7.12. The van der Waals surface area contributed by atoms with Gasteiger partial charge in [0.1, 0.15) is 17.5 Å². The van der Waals surface area contributed by atoms with Crippen LogP contribution in [-0.4, -0.2) is 21.9 Å². The van der Waals surface area contributed by atoms with Gasteiger partial charge in [0, 0.05) is 17.2 Å². The fraction of sp³-hybridized carbons (Fsp3) is 0.353. The number of fused-ring (bicyclic) bond motifs is 1. The summed E-state index contributed by atoms with van der Waals surface area (Å²) in [7, 11) is 1.62. The van der Waals surface area contributed by atoms with Crippen LogP contribution in [0.25, 0.3) is 11.0 Å². The molecule has 0 N–H and O–H groups in total. The molecule has 0 aliphatic rings. The third-order valence-corrected chi connectivity index (χ3v) is 3.78. The molecule has 5 heteroatoms. The largest absolute Gasteiger partial charge is 0.497 e. The number of aromatic nitrogens is 3. The Bertz CT molecular complexity index is 778. The van der Waals surface area contributed by atoms with Crippen LogP contribution in [0.1, 0.15) is 26.5 Å². The zero-order valence-electron chi connectivity index (χ0n) is 13.4. The van der Waals surface area contributed by atoms with Crippen LogP contribution in [0.3, 0.4) is 0 Å². The molecule has 0 amide bonds. The molecular weight excluding hydrogens is 276 g/mol. The summed E-state index contributed by atoms with van der Waals surface area (Å²) in [6.45, 7) is 10.9. The summed E-state index contributed by atoms with van der Waals surface area (Å²) in [5.41, 5.74) is 3.19. The molecule has 0 aromatic carbocycles. The second-order valence-electron chi connectivity index (χ2n) is 5.49. The number of hydrogen-bond donors (Lipinski definition) is 0. The van der Waals surface area contributed by atoms with Gasteiger partial charge in [-0.2, -0.15) is 10.4 Å². The summed E-state index contributed by atoms with van der Waals surface area (Å²) in [4.78, 5) is 4.20. The van der Waals surface area contributed by atoms with E-state index in [1.54, 1.807) is 13.2 Å². The smallest absolute Gasteiger partial charge is 0.182 e. The molecule has 0 aliphatic carbocycles. The maximum Gasteiger partial charge on any atom is 0.182 e. The third-order valence-electron chi connectivity index (χ3n) is 3.78. The van der Waals surface area contributed by atoms with Gasteiger partial charge in [0.15, 0.2) is 5.65 Å². The molecule has 0 unspecified atom stereocenters. The van der Waals surface area contributed by atoms with E-state index in [0.717, 1.165) is 11.0 Å². The Balaban J connectivity index is 2.41. The first-order chi connectivity index (χ1) is 10.5. The monoisotopic (exact) mass is 296 g/mol. The zero-order valence-corrected chi connectivity index (χ0v) is 13.4. The topological polar surface area (TPSA) is 63.7 Å². The van der Waals surface area contributed by atoms with Gasteiger partial charge in [0.2, 0.25) is 0 Å². The molecule has 2 rings (SSSR count). The average Bonchev–Trinajstić information content (AvgIpc) is 2.92. The van der Waals surface area contributed by atoms with Gasteiger partial charge in [-0.25, -0.2) is 4.98 Å². The van der Waals surface area contributed by atoms with E-state index in [9.17, 15) is 0 Å². The first-order valence-electron chi connectivity index (χ1n) is 7.13.